The summed E-state index contributed by atoms with van der Waals surface area (Å²) >= 11 is 2.27. The van der Waals surface area contributed by atoms with Crippen molar-refractivity contribution in [2.75, 3.05) is 38.0 Å². The van der Waals surface area contributed by atoms with Crippen molar-refractivity contribution >= 4 is 34.2 Å². The van der Waals surface area contributed by atoms with E-state index in [-0.39, 0.29) is 5.91 Å². The maximum absolute atomic E-state index is 12.3. The second-order valence-corrected chi connectivity index (χ2v) is 7.57. The standard InChI is InChI=1S/C17H24IN3O/c18-14-5-7-15(8-6-14)19-17(22)13-21-11-3-4-16(21)12-20-9-1-2-10-20/h5-8,16H,1-4,9-13H2,(H,19,22). The Labute approximate surface area is 146 Å². The molecular formula is C17H24IN3O. The molecule has 0 spiro atoms. The number of hydrogen-bond acceptors (Lipinski definition) is 3. The minimum absolute atomic E-state index is 0.106. The molecule has 1 amide bonds. The van der Waals surface area contributed by atoms with Crippen molar-refractivity contribution in [2.24, 2.45) is 0 Å². The Kier molecular flexibility index (Phi) is 5.71. The van der Waals surface area contributed by atoms with Crippen molar-refractivity contribution in [3.63, 3.8) is 0 Å². The highest BCUT2D eigenvalue weighted by molar-refractivity contribution is 14.1. The summed E-state index contributed by atoms with van der Waals surface area (Å²) in [4.78, 5) is 17.2. The first-order chi connectivity index (χ1) is 10.7. The first-order valence-corrected chi connectivity index (χ1v) is 9.30. The molecule has 120 valence electrons. The van der Waals surface area contributed by atoms with Crippen LogP contribution in [0.15, 0.2) is 24.3 Å². The molecule has 22 heavy (non-hydrogen) atoms. The number of likely N-dealkylation sites (tertiary alicyclic amines) is 2. The predicted molar refractivity (Wildman–Crippen MR) is 98.1 cm³/mol. The van der Waals surface area contributed by atoms with Crippen molar-refractivity contribution < 1.29 is 4.79 Å². The number of hydrogen-bond donors (Lipinski definition) is 1. The summed E-state index contributed by atoms with van der Waals surface area (Å²) in [6.45, 7) is 5.18. The molecule has 1 aromatic rings. The van der Waals surface area contributed by atoms with Gasteiger partial charge in [-0.25, -0.2) is 0 Å². The molecule has 2 aliphatic rings. The van der Waals surface area contributed by atoms with Crippen molar-refractivity contribution in [1.29, 1.82) is 0 Å². The van der Waals surface area contributed by atoms with E-state index in [9.17, 15) is 4.79 Å². The lowest BCUT2D eigenvalue weighted by atomic mass is 10.2. The summed E-state index contributed by atoms with van der Waals surface area (Å²) in [7, 11) is 0. The average Bonchev–Trinajstić information content (AvgIpc) is 3.15. The van der Waals surface area contributed by atoms with Gasteiger partial charge in [0.1, 0.15) is 0 Å². The molecule has 0 bridgehead atoms. The van der Waals surface area contributed by atoms with Gasteiger partial charge < -0.3 is 10.2 Å². The van der Waals surface area contributed by atoms with E-state index in [1.54, 1.807) is 0 Å². The zero-order valence-corrected chi connectivity index (χ0v) is 15.1. The molecule has 1 atom stereocenters. The van der Waals surface area contributed by atoms with Gasteiger partial charge in [0.05, 0.1) is 6.54 Å². The maximum Gasteiger partial charge on any atom is 0.238 e. The van der Waals surface area contributed by atoms with Crippen LogP contribution >= 0.6 is 22.6 Å². The smallest absolute Gasteiger partial charge is 0.238 e. The lowest BCUT2D eigenvalue weighted by Crippen LogP contribution is -2.42. The number of anilines is 1. The molecule has 0 aliphatic carbocycles. The van der Waals surface area contributed by atoms with E-state index < -0.39 is 0 Å². The molecule has 4 nitrogen and oxygen atoms in total. The summed E-state index contributed by atoms with van der Waals surface area (Å²) in [5, 5.41) is 3.01. The van der Waals surface area contributed by atoms with Gasteiger partial charge in [-0.1, -0.05) is 0 Å². The highest BCUT2D eigenvalue weighted by Crippen LogP contribution is 2.20. The largest absolute Gasteiger partial charge is 0.325 e. The van der Waals surface area contributed by atoms with Crippen LogP contribution in [0.25, 0.3) is 0 Å². The van der Waals surface area contributed by atoms with Crippen molar-refractivity contribution in [2.45, 2.75) is 31.7 Å². The topological polar surface area (TPSA) is 35.6 Å². The van der Waals surface area contributed by atoms with E-state index in [0.29, 0.717) is 12.6 Å². The average molecular weight is 413 g/mol. The molecule has 0 aromatic heterocycles. The maximum atomic E-state index is 12.3. The third-order valence-electron chi connectivity index (χ3n) is 4.64. The number of amides is 1. The third kappa shape index (κ3) is 4.43. The minimum Gasteiger partial charge on any atom is -0.325 e. The normalized spacial score (nSPS) is 23.0. The van der Waals surface area contributed by atoms with Crippen LogP contribution in [0, 0.1) is 3.57 Å². The van der Waals surface area contributed by atoms with Crippen molar-refractivity contribution in [1.82, 2.24) is 9.80 Å². The molecule has 2 heterocycles. The second-order valence-electron chi connectivity index (χ2n) is 6.33. The van der Waals surface area contributed by atoms with Crippen LogP contribution in [-0.2, 0) is 4.79 Å². The number of nitrogens with zero attached hydrogens (tertiary/aromatic N) is 2. The van der Waals surface area contributed by atoms with Crippen LogP contribution in [0.3, 0.4) is 0 Å². The lowest BCUT2D eigenvalue weighted by molar-refractivity contribution is -0.117. The summed E-state index contributed by atoms with van der Waals surface area (Å²) in [5.41, 5.74) is 0.890. The number of rotatable bonds is 5. The van der Waals surface area contributed by atoms with E-state index in [4.69, 9.17) is 0 Å². The van der Waals surface area contributed by atoms with Crippen LogP contribution < -0.4 is 5.32 Å². The number of halogens is 1. The molecule has 0 radical (unpaired) electrons. The molecule has 3 rings (SSSR count). The zero-order chi connectivity index (χ0) is 15.4. The Bertz CT molecular complexity index is 499. The Balaban J connectivity index is 1.50. The molecule has 2 saturated heterocycles. The van der Waals surface area contributed by atoms with Crippen LogP contribution in [0.4, 0.5) is 5.69 Å². The SMILES string of the molecule is O=C(CN1CCCC1CN1CCCC1)Nc1ccc(I)cc1. The fraction of sp³-hybridized carbons (Fsp3) is 0.588. The predicted octanol–water partition coefficient (Wildman–Crippen LogP) is 2.79. The second kappa shape index (κ2) is 7.75. The Morgan fingerprint density at radius 2 is 1.86 bits per heavy atom. The van der Waals surface area contributed by atoms with E-state index in [1.807, 2.05) is 24.3 Å². The summed E-state index contributed by atoms with van der Waals surface area (Å²) in [5.74, 6) is 0.106. The summed E-state index contributed by atoms with van der Waals surface area (Å²) in [6, 6.07) is 8.52. The van der Waals surface area contributed by atoms with E-state index in [1.165, 1.54) is 42.3 Å². The molecule has 2 fully saturated rings. The van der Waals surface area contributed by atoms with Gasteiger partial charge in [0, 0.05) is 21.8 Å². The molecular weight excluding hydrogens is 389 g/mol. The van der Waals surface area contributed by atoms with Crippen LogP contribution in [-0.4, -0.2) is 54.5 Å². The van der Waals surface area contributed by atoms with Gasteiger partial charge in [-0.3, -0.25) is 9.69 Å². The van der Waals surface area contributed by atoms with Gasteiger partial charge in [-0.2, -0.15) is 0 Å². The Morgan fingerprint density at radius 1 is 1.14 bits per heavy atom. The number of benzene rings is 1. The zero-order valence-electron chi connectivity index (χ0n) is 12.9. The molecule has 1 N–H and O–H groups in total. The molecule has 5 heteroatoms. The minimum atomic E-state index is 0.106. The first kappa shape index (κ1) is 16.2. The van der Waals surface area contributed by atoms with Gasteiger partial charge in [0.2, 0.25) is 5.91 Å². The Hall–Kier alpha value is -0.660. The number of carbonyl (C=O) groups is 1. The molecule has 0 saturated carbocycles. The van der Waals surface area contributed by atoms with E-state index in [2.05, 4.69) is 37.7 Å². The van der Waals surface area contributed by atoms with Crippen LogP contribution in [0.1, 0.15) is 25.7 Å². The fourth-order valence-corrected chi connectivity index (χ4v) is 3.85. The summed E-state index contributed by atoms with van der Waals surface area (Å²) in [6.07, 6.45) is 5.11. The van der Waals surface area contributed by atoms with Crippen LogP contribution in [0.5, 0.6) is 0 Å². The third-order valence-corrected chi connectivity index (χ3v) is 5.36. The molecule has 1 unspecified atom stereocenters. The molecule has 1 aromatic carbocycles. The van der Waals surface area contributed by atoms with Crippen molar-refractivity contribution in [3.05, 3.63) is 27.8 Å². The van der Waals surface area contributed by atoms with Gasteiger partial charge in [0.15, 0.2) is 0 Å². The number of carbonyl (C=O) groups excluding carboxylic acids is 1. The lowest BCUT2D eigenvalue weighted by Gasteiger charge is -2.27. The quantitative estimate of drug-likeness (QED) is 0.755. The van der Waals surface area contributed by atoms with Gasteiger partial charge in [-0.05, 0) is 92.2 Å². The van der Waals surface area contributed by atoms with Gasteiger partial charge >= 0.3 is 0 Å². The van der Waals surface area contributed by atoms with E-state index in [0.717, 1.165) is 18.8 Å². The molecule has 2 aliphatic heterocycles. The van der Waals surface area contributed by atoms with Gasteiger partial charge in [-0.15, -0.1) is 0 Å². The Morgan fingerprint density at radius 3 is 2.59 bits per heavy atom. The highest BCUT2D eigenvalue weighted by atomic mass is 127. The number of nitrogens with one attached hydrogen (secondary N) is 1. The van der Waals surface area contributed by atoms with Crippen LogP contribution in [0.2, 0.25) is 0 Å². The van der Waals surface area contributed by atoms with Gasteiger partial charge in [0.25, 0.3) is 0 Å². The van der Waals surface area contributed by atoms with Crippen molar-refractivity contribution in [3.8, 4) is 0 Å². The fourth-order valence-electron chi connectivity index (χ4n) is 3.49. The monoisotopic (exact) mass is 413 g/mol. The highest BCUT2D eigenvalue weighted by Gasteiger charge is 2.28. The first-order valence-electron chi connectivity index (χ1n) is 8.22. The summed E-state index contributed by atoms with van der Waals surface area (Å²) < 4.78 is 1.18. The van der Waals surface area contributed by atoms with E-state index >= 15 is 0 Å².